The summed E-state index contributed by atoms with van der Waals surface area (Å²) in [6, 6.07) is 0.347. The van der Waals surface area contributed by atoms with Gasteiger partial charge in [-0.2, -0.15) is 4.39 Å². The molecule has 0 aliphatic heterocycles. The Morgan fingerprint density at radius 1 is 1.29 bits per heavy atom. The lowest BCUT2D eigenvalue weighted by Gasteiger charge is -2.09. The second-order valence-corrected chi connectivity index (χ2v) is 4.52. The number of carbonyl (C=O) groups excluding carboxylic acids is 1. The maximum atomic E-state index is 13.4. The molecule has 1 aromatic rings. The van der Waals surface area contributed by atoms with Gasteiger partial charge in [-0.25, -0.2) is 8.78 Å². The van der Waals surface area contributed by atoms with Gasteiger partial charge in [0.2, 0.25) is 5.82 Å². The van der Waals surface area contributed by atoms with Gasteiger partial charge >= 0.3 is 5.97 Å². The third-order valence-electron chi connectivity index (χ3n) is 2.90. The van der Waals surface area contributed by atoms with Crippen LogP contribution in [0.2, 0.25) is 0 Å². The summed E-state index contributed by atoms with van der Waals surface area (Å²) in [7, 11) is 0. The van der Waals surface area contributed by atoms with E-state index >= 15 is 0 Å². The van der Waals surface area contributed by atoms with Crippen LogP contribution in [0.25, 0.3) is 0 Å². The second kappa shape index (κ2) is 6.96. The van der Waals surface area contributed by atoms with Crippen LogP contribution in [-0.2, 0) is 4.79 Å². The summed E-state index contributed by atoms with van der Waals surface area (Å²) in [5, 5.41) is 19.9. The van der Waals surface area contributed by atoms with Crippen LogP contribution in [0.3, 0.4) is 0 Å². The van der Waals surface area contributed by atoms with Crippen molar-refractivity contribution in [2.45, 2.75) is 19.8 Å². The number of benzene rings is 1. The van der Waals surface area contributed by atoms with Crippen molar-refractivity contribution in [3.05, 3.63) is 29.1 Å². The van der Waals surface area contributed by atoms with Gasteiger partial charge in [0.15, 0.2) is 17.4 Å². The molecular weight excluding hydrogens is 291 g/mol. The zero-order valence-corrected chi connectivity index (χ0v) is 11.1. The van der Waals surface area contributed by atoms with E-state index in [2.05, 4.69) is 5.32 Å². The van der Waals surface area contributed by atoms with E-state index in [4.69, 9.17) is 10.2 Å². The van der Waals surface area contributed by atoms with Gasteiger partial charge in [0, 0.05) is 6.54 Å². The molecule has 116 valence electrons. The lowest BCUT2D eigenvalue weighted by molar-refractivity contribution is -0.141. The first kappa shape index (κ1) is 16.8. The van der Waals surface area contributed by atoms with Gasteiger partial charge in [-0.1, -0.05) is 6.92 Å². The van der Waals surface area contributed by atoms with Gasteiger partial charge in [-0.3, -0.25) is 9.59 Å². The molecule has 1 amide bonds. The summed E-state index contributed by atoms with van der Waals surface area (Å²) in [4.78, 5) is 22.2. The molecule has 0 aliphatic carbocycles. The van der Waals surface area contributed by atoms with Crippen molar-refractivity contribution in [1.29, 1.82) is 0 Å². The zero-order valence-electron chi connectivity index (χ0n) is 11.1. The number of rotatable bonds is 6. The van der Waals surface area contributed by atoms with Crippen LogP contribution in [-0.4, -0.2) is 28.6 Å². The molecule has 0 heterocycles. The number of aliphatic carboxylic acids is 1. The fraction of sp³-hybridized carbons (Fsp3) is 0.385. The summed E-state index contributed by atoms with van der Waals surface area (Å²) in [6.45, 7) is 1.53. The monoisotopic (exact) mass is 305 g/mol. The van der Waals surface area contributed by atoms with E-state index in [9.17, 15) is 22.8 Å². The van der Waals surface area contributed by atoms with Crippen LogP contribution in [0, 0.1) is 23.4 Å². The van der Waals surface area contributed by atoms with E-state index in [1.807, 2.05) is 0 Å². The normalized spacial score (nSPS) is 12.0. The number of aromatic hydroxyl groups is 1. The minimum atomic E-state index is -1.76. The lowest BCUT2D eigenvalue weighted by atomic mass is 10.1. The Kier molecular flexibility index (Phi) is 5.57. The van der Waals surface area contributed by atoms with Crippen molar-refractivity contribution < 1.29 is 33.0 Å². The highest BCUT2D eigenvalue weighted by molar-refractivity contribution is 5.94. The molecule has 0 saturated heterocycles. The van der Waals surface area contributed by atoms with Crippen molar-refractivity contribution in [2.24, 2.45) is 5.92 Å². The molecule has 5 nitrogen and oxygen atoms in total. The van der Waals surface area contributed by atoms with Gasteiger partial charge in [-0.05, 0) is 18.9 Å². The van der Waals surface area contributed by atoms with Crippen LogP contribution in [0.4, 0.5) is 13.2 Å². The molecule has 0 bridgehead atoms. The Hall–Kier alpha value is -2.25. The predicted octanol–water partition coefficient (Wildman–Crippen LogP) is 2.04. The number of carboxylic acid groups (broad SMARTS) is 1. The van der Waals surface area contributed by atoms with Crippen molar-refractivity contribution in [3.63, 3.8) is 0 Å². The van der Waals surface area contributed by atoms with Crippen molar-refractivity contribution in [2.75, 3.05) is 6.54 Å². The standard InChI is InChI=1S/C13H14F3NO4/c1-6(13(20)21)3-2-4-17-12(19)7-5-8(14)10(16)11(18)9(7)15/h5-6,18H,2-4H2,1H3,(H,17,19)(H,20,21). The lowest BCUT2D eigenvalue weighted by Crippen LogP contribution is -2.26. The molecule has 0 aromatic heterocycles. The number of nitrogens with one attached hydrogen (secondary N) is 1. The number of hydrogen-bond donors (Lipinski definition) is 3. The molecule has 8 heteroatoms. The van der Waals surface area contributed by atoms with E-state index in [-0.39, 0.29) is 6.54 Å². The van der Waals surface area contributed by atoms with Crippen LogP contribution in [0.1, 0.15) is 30.1 Å². The maximum Gasteiger partial charge on any atom is 0.306 e. The van der Waals surface area contributed by atoms with Gasteiger partial charge in [-0.15, -0.1) is 0 Å². The molecule has 1 unspecified atom stereocenters. The number of hydrogen-bond acceptors (Lipinski definition) is 3. The largest absolute Gasteiger partial charge is 0.503 e. The van der Waals surface area contributed by atoms with E-state index in [1.54, 1.807) is 0 Å². The minimum Gasteiger partial charge on any atom is -0.503 e. The zero-order chi connectivity index (χ0) is 16.2. The third kappa shape index (κ3) is 4.11. The molecule has 1 rings (SSSR count). The molecule has 1 aromatic carbocycles. The van der Waals surface area contributed by atoms with Crippen molar-refractivity contribution in [3.8, 4) is 5.75 Å². The molecule has 21 heavy (non-hydrogen) atoms. The highest BCUT2D eigenvalue weighted by Crippen LogP contribution is 2.25. The predicted molar refractivity (Wildman–Crippen MR) is 66.3 cm³/mol. The van der Waals surface area contributed by atoms with Crippen LogP contribution < -0.4 is 5.32 Å². The molecule has 0 fully saturated rings. The molecule has 0 radical (unpaired) electrons. The number of carboxylic acids is 1. The molecule has 3 N–H and O–H groups in total. The number of phenolic OH excluding ortho intramolecular Hbond substituents is 1. The first-order chi connectivity index (χ1) is 9.75. The Labute approximate surface area is 118 Å². The third-order valence-corrected chi connectivity index (χ3v) is 2.90. The number of amides is 1. The van der Waals surface area contributed by atoms with Crippen molar-refractivity contribution >= 4 is 11.9 Å². The average Bonchev–Trinajstić information content (AvgIpc) is 2.44. The summed E-state index contributed by atoms with van der Waals surface area (Å²) in [6.07, 6.45) is 0.609. The highest BCUT2D eigenvalue weighted by atomic mass is 19.2. The number of halogens is 3. The fourth-order valence-corrected chi connectivity index (χ4v) is 1.58. The Balaban J connectivity index is 2.63. The SMILES string of the molecule is CC(CCCNC(=O)c1cc(F)c(F)c(O)c1F)C(=O)O. The average molecular weight is 305 g/mol. The second-order valence-electron chi connectivity index (χ2n) is 4.52. The van der Waals surface area contributed by atoms with Crippen LogP contribution >= 0.6 is 0 Å². The number of carbonyl (C=O) groups is 2. The first-order valence-corrected chi connectivity index (χ1v) is 6.13. The van der Waals surface area contributed by atoms with Crippen LogP contribution in [0.5, 0.6) is 5.75 Å². The maximum absolute atomic E-state index is 13.4. The Bertz CT molecular complexity index is 563. The number of phenols is 1. The van der Waals surface area contributed by atoms with Gasteiger partial charge in [0.05, 0.1) is 11.5 Å². The van der Waals surface area contributed by atoms with Gasteiger partial charge in [0.1, 0.15) is 0 Å². The first-order valence-electron chi connectivity index (χ1n) is 6.13. The highest BCUT2D eigenvalue weighted by Gasteiger charge is 2.22. The molecule has 0 saturated carbocycles. The van der Waals surface area contributed by atoms with E-state index in [1.165, 1.54) is 6.92 Å². The summed E-state index contributed by atoms with van der Waals surface area (Å²) in [5.74, 6) is -9.00. The van der Waals surface area contributed by atoms with Gasteiger partial charge in [0.25, 0.3) is 5.91 Å². The van der Waals surface area contributed by atoms with E-state index in [0.29, 0.717) is 18.9 Å². The summed E-state index contributed by atoms with van der Waals surface area (Å²) in [5.41, 5.74) is -0.822. The molecule has 0 spiro atoms. The topological polar surface area (TPSA) is 86.6 Å². The van der Waals surface area contributed by atoms with Crippen LogP contribution in [0.15, 0.2) is 6.07 Å². The smallest absolute Gasteiger partial charge is 0.306 e. The van der Waals surface area contributed by atoms with E-state index in [0.717, 1.165) is 0 Å². The minimum absolute atomic E-state index is 0.0374. The molecular formula is C13H14F3NO4. The quantitative estimate of drug-likeness (QED) is 0.554. The van der Waals surface area contributed by atoms with Gasteiger partial charge < -0.3 is 15.5 Å². The summed E-state index contributed by atoms with van der Waals surface area (Å²) >= 11 is 0. The van der Waals surface area contributed by atoms with E-state index < -0.39 is 46.6 Å². The fourth-order valence-electron chi connectivity index (χ4n) is 1.58. The molecule has 0 aliphatic rings. The van der Waals surface area contributed by atoms with Crippen molar-refractivity contribution in [1.82, 2.24) is 5.32 Å². The summed E-state index contributed by atoms with van der Waals surface area (Å²) < 4.78 is 39.3. The Morgan fingerprint density at radius 2 is 1.90 bits per heavy atom. The Morgan fingerprint density at radius 3 is 2.48 bits per heavy atom. The molecule has 1 atom stereocenters.